The van der Waals surface area contributed by atoms with Crippen molar-refractivity contribution in [2.45, 2.75) is 31.7 Å². The van der Waals surface area contributed by atoms with Gasteiger partial charge in [0, 0.05) is 37.4 Å². The van der Waals surface area contributed by atoms with Gasteiger partial charge in [-0.3, -0.25) is 9.59 Å². The predicted molar refractivity (Wildman–Crippen MR) is 129 cm³/mol. The fourth-order valence-corrected chi connectivity index (χ4v) is 5.15. The summed E-state index contributed by atoms with van der Waals surface area (Å²) < 4.78 is 27.5. The molecule has 2 N–H and O–H groups in total. The highest BCUT2D eigenvalue weighted by atomic mass is 32.2. The van der Waals surface area contributed by atoms with Crippen LogP contribution in [-0.2, 0) is 14.8 Å². The summed E-state index contributed by atoms with van der Waals surface area (Å²) in [7, 11) is -1.69. The van der Waals surface area contributed by atoms with Gasteiger partial charge >= 0.3 is 0 Å². The van der Waals surface area contributed by atoms with Crippen molar-refractivity contribution in [3.05, 3.63) is 59.7 Å². The summed E-state index contributed by atoms with van der Waals surface area (Å²) in [4.78, 5) is 27.9. The lowest BCUT2D eigenvalue weighted by molar-refractivity contribution is -0.118. The summed E-state index contributed by atoms with van der Waals surface area (Å²) in [5, 5.41) is 5.57. The number of rotatable bonds is 7. The van der Waals surface area contributed by atoms with Crippen molar-refractivity contribution in [1.82, 2.24) is 14.5 Å². The second-order valence-corrected chi connectivity index (χ2v) is 10.7. The first kappa shape index (κ1) is 24.9. The van der Waals surface area contributed by atoms with E-state index in [4.69, 9.17) is 0 Å². The van der Waals surface area contributed by atoms with Crippen molar-refractivity contribution in [2.24, 2.45) is 5.92 Å². The molecule has 2 amide bonds. The Hall–Kier alpha value is -2.75. The van der Waals surface area contributed by atoms with Crippen LogP contribution in [0, 0.1) is 12.8 Å². The molecule has 0 saturated carbocycles. The van der Waals surface area contributed by atoms with Crippen LogP contribution in [0.15, 0.2) is 53.4 Å². The van der Waals surface area contributed by atoms with E-state index in [2.05, 4.69) is 15.5 Å². The molecule has 0 radical (unpaired) electrons. The number of nitrogens with one attached hydrogen (secondary N) is 2. The third-order valence-corrected chi connectivity index (χ3v) is 7.61. The minimum Gasteiger partial charge on any atom is -0.340 e. The molecule has 0 aromatic heterocycles. The molecule has 1 aliphatic heterocycles. The van der Waals surface area contributed by atoms with Crippen molar-refractivity contribution in [1.29, 1.82) is 0 Å². The van der Waals surface area contributed by atoms with Crippen molar-refractivity contribution in [3.63, 3.8) is 0 Å². The second-order valence-electron chi connectivity index (χ2n) is 8.79. The summed E-state index contributed by atoms with van der Waals surface area (Å²) in [6, 6.07) is 12.6. The van der Waals surface area contributed by atoms with Gasteiger partial charge in [-0.2, -0.15) is 4.31 Å². The summed E-state index contributed by atoms with van der Waals surface area (Å²) in [5.74, 6) is -0.907. The molecule has 2 aromatic rings. The first-order valence-corrected chi connectivity index (χ1v) is 12.5. The number of piperazine rings is 1. The maximum Gasteiger partial charge on any atom is 0.251 e. The largest absolute Gasteiger partial charge is 0.340 e. The van der Waals surface area contributed by atoms with E-state index in [9.17, 15) is 18.0 Å². The number of amides is 2. The van der Waals surface area contributed by atoms with Crippen LogP contribution >= 0.6 is 0 Å². The van der Waals surface area contributed by atoms with Crippen molar-refractivity contribution in [2.75, 3.05) is 38.5 Å². The average molecular weight is 473 g/mol. The number of hydrogen-bond donors (Lipinski definition) is 2. The van der Waals surface area contributed by atoms with Gasteiger partial charge in [-0.15, -0.1) is 0 Å². The molecule has 1 heterocycles. The lowest BCUT2D eigenvalue weighted by atomic mass is 10.0. The van der Waals surface area contributed by atoms with Crippen LogP contribution in [0.4, 0.5) is 5.69 Å². The number of hydrogen-bond acceptors (Lipinski definition) is 5. The second kappa shape index (κ2) is 10.5. The quantitative estimate of drug-likeness (QED) is 0.644. The van der Waals surface area contributed by atoms with Gasteiger partial charge in [0.05, 0.1) is 4.90 Å². The third kappa shape index (κ3) is 6.19. The molecular formula is C24H32N4O4S. The van der Waals surface area contributed by atoms with Gasteiger partial charge in [-0.1, -0.05) is 37.6 Å². The van der Waals surface area contributed by atoms with Crippen molar-refractivity contribution >= 4 is 27.5 Å². The predicted octanol–water partition coefficient (Wildman–Crippen LogP) is 2.32. The summed E-state index contributed by atoms with van der Waals surface area (Å²) in [5.41, 5.74) is 1.80. The van der Waals surface area contributed by atoms with E-state index in [0.717, 1.165) is 5.56 Å². The lowest BCUT2D eigenvalue weighted by Crippen LogP contribution is -2.47. The first-order valence-electron chi connectivity index (χ1n) is 11.0. The van der Waals surface area contributed by atoms with E-state index in [1.807, 2.05) is 33.9 Å². The molecule has 9 heteroatoms. The number of anilines is 1. The van der Waals surface area contributed by atoms with Gasteiger partial charge in [0.25, 0.3) is 5.91 Å². The van der Waals surface area contributed by atoms with Gasteiger partial charge < -0.3 is 15.5 Å². The minimum absolute atomic E-state index is 0.134. The highest BCUT2D eigenvalue weighted by Gasteiger charge is 2.28. The zero-order valence-electron chi connectivity index (χ0n) is 19.5. The van der Waals surface area contributed by atoms with E-state index < -0.39 is 22.0 Å². The number of carbonyl (C=O) groups is 2. The van der Waals surface area contributed by atoms with E-state index >= 15 is 0 Å². The molecule has 1 unspecified atom stereocenters. The van der Waals surface area contributed by atoms with Crippen LogP contribution in [0.2, 0.25) is 0 Å². The Morgan fingerprint density at radius 1 is 0.970 bits per heavy atom. The zero-order chi connectivity index (χ0) is 24.2. The maximum atomic E-state index is 13.0. The number of aryl methyl sites for hydroxylation is 1. The van der Waals surface area contributed by atoms with Crippen LogP contribution in [-0.4, -0.2) is 68.7 Å². The molecule has 0 bridgehead atoms. The van der Waals surface area contributed by atoms with E-state index in [1.54, 1.807) is 30.3 Å². The Morgan fingerprint density at radius 3 is 2.27 bits per heavy atom. The van der Waals surface area contributed by atoms with Crippen LogP contribution in [0.5, 0.6) is 0 Å². The number of benzene rings is 2. The third-order valence-electron chi connectivity index (χ3n) is 5.72. The summed E-state index contributed by atoms with van der Waals surface area (Å²) in [6.45, 7) is 7.78. The van der Waals surface area contributed by atoms with E-state index in [1.165, 1.54) is 16.4 Å². The van der Waals surface area contributed by atoms with Crippen LogP contribution in [0.3, 0.4) is 0 Å². The van der Waals surface area contributed by atoms with Crippen LogP contribution in [0.25, 0.3) is 0 Å². The van der Waals surface area contributed by atoms with E-state index in [0.29, 0.717) is 37.4 Å². The molecular weight excluding hydrogens is 440 g/mol. The standard InChI is InChI=1S/C24H32N4O4S/c1-17(2)22(26-23(29)19-8-5-7-18(3)15-19)24(30)25-20-9-6-10-21(16-20)33(31,32)28-13-11-27(4)12-14-28/h5-10,15-17,22H,11-14H2,1-4H3,(H,25,30)(H,26,29). The summed E-state index contributed by atoms with van der Waals surface area (Å²) in [6.07, 6.45) is 0. The van der Waals surface area contributed by atoms with Crippen molar-refractivity contribution in [3.8, 4) is 0 Å². The maximum absolute atomic E-state index is 13.0. The fraction of sp³-hybridized carbons (Fsp3) is 0.417. The Balaban J connectivity index is 1.73. The van der Waals surface area contributed by atoms with Crippen LogP contribution < -0.4 is 10.6 Å². The Morgan fingerprint density at radius 2 is 1.64 bits per heavy atom. The number of carbonyl (C=O) groups excluding carboxylic acids is 2. The molecule has 3 rings (SSSR count). The average Bonchev–Trinajstić information content (AvgIpc) is 2.77. The van der Waals surface area contributed by atoms with Crippen LogP contribution in [0.1, 0.15) is 29.8 Å². The zero-order valence-corrected chi connectivity index (χ0v) is 20.4. The highest BCUT2D eigenvalue weighted by molar-refractivity contribution is 7.89. The lowest BCUT2D eigenvalue weighted by Gasteiger charge is -2.31. The fourth-order valence-electron chi connectivity index (χ4n) is 3.68. The topological polar surface area (TPSA) is 98.8 Å². The molecule has 2 aromatic carbocycles. The highest BCUT2D eigenvalue weighted by Crippen LogP contribution is 2.21. The normalized spacial score (nSPS) is 16.4. The SMILES string of the molecule is Cc1cccc(C(=O)NC(C(=O)Nc2cccc(S(=O)(=O)N3CCN(C)CC3)c2)C(C)C)c1. The number of likely N-dealkylation sites (N-methyl/N-ethyl adjacent to an activating group) is 1. The molecule has 1 saturated heterocycles. The van der Waals surface area contributed by atoms with Crippen molar-refractivity contribution < 1.29 is 18.0 Å². The Bertz CT molecular complexity index is 1110. The Labute approximate surface area is 196 Å². The monoisotopic (exact) mass is 472 g/mol. The molecule has 178 valence electrons. The van der Waals surface area contributed by atoms with Gasteiger partial charge in [-0.25, -0.2) is 8.42 Å². The van der Waals surface area contributed by atoms with Gasteiger partial charge in [0.1, 0.15) is 6.04 Å². The summed E-state index contributed by atoms with van der Waals surface area (Å²) >= 11 is 0. The molecule has 0 aliphatic carbocycles. The smallest absolute Gasteiger partial charge is 0.251 e. The minimum atomic E-state index is -3.65. The first-order chi connectivity index (χ1) is 15.6. The van der Waals surface area contributed by atoms with Gasteiger partial charge in [0.15, 0.2) is 0 Å². The van der Waals surface area contributed by atoms with Gasteiger partial charge in [-0.05, 0) is 50.2 Å². The van der Waals surface area contributed by atoms with E-state index in [-0.39, 0.29) is 16.7 Å². The molecule has 1 aliphatic rings. The number of nitrogens with zero attached hydrogens (tertiary/aromatic N) is 2. The molecule has 1 fully saturated rings. The number of sulfonamides is 1. The van der Waals surface area contributed by atoms with Gasteiger partial charge in [0.2, 0.25) is 15.9 Å². The Kier molecular flexibility index (Phi) is 7.88. The molecule has 33 heavy (non-hydrogen) atoms. The molecule has 8 nitrogen and oxygen atoms in total. The molecule has 0 spiro atoms. The molecule has 1 atom stereocenters.